The predicted molar refractivity (Wildman–Crippen MR) is 115 cm³/mol. The molecule has 0 aliphatic heterocycles. The molecule has 1 aromatic heterocycles. The lowest BCUT2D eigenvalue weighted by Gasteiger charge is -2.26. The third kappa shape index (κ3) is 3.46. The monoisotopic (exact) mass is 409 g/mol. The van der Waals surface area contributed by atoms with Crippen molar-refractivity contribution in [1.29, 1.82) is 0 Å². The average molecular weight is 410 g/mol. The number of hydrogen-bond acceptors (Lipinski definition) is 3. The zero-order chi connectivity index (χ0) is 20.7. The molecule has 150 valence electrons. The lowest BCUT2D eigenvalue weighted by atomic mass is 9.79. The second-order valence-corrected chi connectivity index (χ2v) is 8.50. The fraction of sp³-hybridized carbons (Fsp3) is 0.333. The van der Waals surface area contributed by atoms with E-state index in [0.29, 0.717) is 46.3 Å². The van der Waals surface area contributed by atoms with Crippen molar-refractivity contribution in [3.63, 3.8) is 0 Å². The van der Waals surface area contributed by atoms with E-state index in [1.54, 1.807) is 6.07 Å². The van der Waals surface area contributed by atoms with Gasteiger partial charge in [0.05, 0.1) is 18.2 Å². The van der Waals surface area contributed by atoms with Crippen molar-refractivity contribution >= 4 is 34.3 Å². The number of carbonyl (C=O) groups excluding carboxylic acids is 2. The number of ether oxygens (including phenoxy) is 1. The van der Waals surface area contributed by atoms with Gasteiger partial charge in [0.15, 0.2) is 5.78 Å². The van der Waals surface area contributed by atoms with Crippen LogP contribution in [0.4, 0.5) is 0 Å². The van der Waals surface area contributed by atoms with Crippen LogP contribution in [0.5, 0.6) is 0 Å². The largest absolute Gasteiger partial charge is 0.465 e. The predicted octanol–water partition coefficient (Wildman–Crippen LogP) is 5.53. The molecule has 0 amide bonds. The topological polar surface area (TPSA) is 48.3 Å². The number of carbonyl (C=O) groups is 2. The SMILES string of the molecule is COC(=O)c1cccc2c1c1c(n2Cc2cccc(Cl)c2)CC(C(C)C)CC1=O. The number of rotatable bonds is 4. The first-order valence-corrected chi connectivity index (χ1v) is 10.3. The molecule has 0 radical (unpaired) electrons. The highest BCUT2D eigenvalue weighted by Crippen LogP contribution is 2.38. The van der Waals surface area contributed by atoms with Gasteiger partial charge in [-0.2, -0.15) is 0 Å². The molecule has 4 rings (SSSR count). The van der Waals surface area contributed by atoms with E-state index in [-0.39, 0.29) is 5.78 Å². The van der Waals surface area contributed by atoms with Crippen LogP contribution in [0.15, 0.2) is 42.5 Å². The number of methoxy groups -OCH3 is 1. The first kappa shape index (κ1) is 19.7. The maximum Gasteiger partial charge on any atom is 0.338 e. The van der Waals surface area contributed by atoms with Crippen LogP contribution in [0.25, 0.3) is 10.9 Å². The fourth-order valence-electron chi connectivity index (χ4n) is 4.38. The van der Waals surface area contributed by atoms with Gasteiger partial charge in [0.1, 0.15) is 0 Å². The van der Waals surface area contributed by atoms with E-state index < -0.39 is 5.97 Å². The molecule has 1 heterocycles. The summed E-state index contributed by atoms with van der Waals surface area (Å²) in [6.45, 7) is 4.91. The van der Waals surface area contributed by atoms with Gasteiger partial charge >= 0.3 is 5.97 Å². The zero-order valence-corrected chi connectivity index (χ0v) is 17.6. The summed E-state index contributed by atoms with van der Waals surface area (Å²) in [5, 5.41) is 1.39. The van der Waals surface area contributed by atoms with Gasteiger partial charge in [0.2, 0.25) is 0 Å². The zero-order valence-electron chi connectivity index (χ0n) is 16.9. The summed E-state index contributed by atoms with van der Waals surface area (Å²) >= 11 is 6.20. The van der Waals surface area contributed by atoms with Gasteiger partial charge in [-0.1, -0.05) is 43.6 Å². The molecule has 3 aromatic rings. The van der Waals surface area contributed by atoms with Crippen molar-refractivity contribution in [2.45, 2.75) is 33.2 Å². The molecule has 0 fully saturated rings. The van der Waals surface area contributed by atoms with Gasteiger partial charge in [0.25, 0.3) is 0 Å². The molecule has 1 atom stereocenters. The summed E-state index contributed by atoms with van der Waals surface area (Å²) in [6.07, 6.45) is 1.32. The Kier molecular flexibility index (Phi) is 5.22. The quantitative estimate of drug-likeness (QED) is 0.532. The lowest BCUT2D eigenvalue weighted by Crippen LogP contribution is -2.25. The summed E-state index contributed by atoms with van der Waals surface area (Å²) in [4.78, 5) is 25.7. The average Bonchev–Trinajstić information content (AvgIpc) is 3.01. The number of nitrogens with zero attached hydrogens (tertiary/aromatic N) is 1. The van der Waals surface area contributed by atoms with E-state index in [2.05, 4.69) is 18.4 Å². The molecule has 0 bridgehead atoms. The van der Waals surface area contributed by atoms with E-state index in [4.69, 9.17) is 16.3 Å². The van der Waals surface area contributed by atoms with Crippen LogP contribution in [0.3, 0.4) is 0 Å². The summed E-state index contributed by atoms with van der Waals surface area (Å²) < 4.78 is 7.17. The van der Waals surface area contributed by atoms with Crippen LogP contribution in [-0.4, -0.2) is 23.4 Å². The second kappa shape index (κ2) is 7.68. The van der Waals surface area contributed by atoms with E-state index >= 15 is 0 Å². The normalized spacial score (nSPS) is 16.3. The fourth-order valence-corrected chi connectivity index (χ4v) is 4.59. The summed E-state index contributed by atoms with van der Waals surface area (Å²) in [5.74, 6) is 0.386. The van der Waals surface area contributed by atoms with Gasteiger partial charge in [-0.25, -0.2) is 4.79 Å². The summed E-state index contributed by atoms with van der Waals surface area (Å²) in [6, 6.07) is 13.3. The van der Waals surface area contributed by atoms with Crippen molar-refractivity contribution in [1.82, 2.24) is 4.57 Å². The van der Waals surface area contributed by atoms with Gasteiger partial charge in [-0.3, -0.25) is 4.79 Å². The van der Waals surface area contributed by atoms with Gasteiger partial charge in [-0.15, -0.1) is 0 Å². The third-order valence-corrected chi connectivity index (χ3v) is 6.19. The molecule has 0 saturated carbocycles. The van der Waals surface area contributed by atoms with Crippen LogP contribution in [0.1, 0.15) is 52.2 Å². The number of benzene rings is 2. The van der Waals surface area contributed by atoms with E-state index in [1.165, 1.54) is 7.11 Å². The first-order chi connectivity index (χ1) is 13.9. The number of fused-ring (bicyclic) bond motifs is 3. The minimum Gasteiger partial charge on any atom is -0.465 e. The first-order valence-electron chi connectivity index (χ1n) is 9.90. The van der Waals surface area contributed by atoms with Gasteiger partial charge < -0.3 is 9.30 Å². The molecule has 4 nitrogen and oxygen atoms in total. The number of Topliss-reactive ketones (excluding diaryl/α,β-unsaturated/α-hetero) is 1. The molecular formula is C24H24ClNO3. The van der Waals surface area contributed by atoms with Gasteiger partial charge in [-0.05, 0) is 48.1 Å². The highest BCUT2D eigenvalue weighted by atomic mass is 35.5. The number of aromatic nitrogens is 1. The Bertz CT molecular complexity index is 1110. The van der Waals surface area contributed by atoms with Crippen molar-refractivity contribution in [3.8, 4) is 0 Å². The van der Waals surface area contributed by atoms with Crippen LogP contribution in [-0.2, 0) is 17.7 Å². The standard InChI is InChI=1S/C24H24ClNO3/c1-14(2)16-11-20-23(21(27)12-16)22-18(24(28)29-3)8-5-9-19(22)26(20)13-15-6-4-7-17(25)10-15/h4-10,14,16H,11-13H2,1-3H3. The maximum absolute atomic E-state index is 13.2. The molecule has 5 heteroatoms. The Morgan fingerprint density at radius 1 is 1.21 bits per heavy atom. The van der Waals surface area contributed by atoms with Crippen LogP contribution < -0.4 is 0 Å². The number of esters is 1. The Balaban J connectivity index is 1.98. The van der Waals surface area contributed by atoms with Crippen LogP contribution in [0.2, 0.25) is 5.02 Å². The van der Waals surface area contributed by atoms with Crippen molar-refractivity contribution < 1.29 is 14.3 Å². The highest BCUT2D eigenvalue weighted by Gasteiger charge is 2.34. The molecule has 1 aliphatic carbocycles. The molecule has 0 spiro atoms. The molecule has 29 heavy (non-hydrogen) atoms. The number of ketones is 1. The smallest absolute Gasteiger partial charge is 0.338 e. The Morgan fingerprint density at radius 2 is 1.97 bits per heavy atom. The third-order valence-electron chi connectivity index (χ3n) is 5.96. The van der Waals surface area contributed by atoms with Crippen molar-refractivity contribution in [2.24, 2.45) is 11.8 Å². The van der Waals surface area contributed by atoms with Gasteiger partial charge in [0, 0.05) is 34.6 Å². The van der Waals surface area contributed by atoms with Crippen molar-refractivity contribution in [2.75, 3.05) is 7.11 Å². The molecule has 1 aliphatic rings. The summed E-state index contributed by atoms with van der Waals surface area (Å²) in [7, 11) is 1.37. The molecule has 1 unspecified atom stereocenters. The van der Waals surface area contributed by atoms with Crippen LogP contribution >= 0.6 is 11.6 Å². The number of hydrogen-bond donors (Lipinski definition) is 0. The second-order valence-electron chi connectivity index (χ2n) is 8.06. The minimum atomic E-state index is -0.419. The highest BCUT2D eigenvalue weighted by molar-refractivity contribution is 6.30. The minimum absolute atomic E-state index is 0.108. The Hall–Kier alpha value is -2.59. The van der Waals surface area contributed by atoms with Crippen LogP contribution in [0, 0.1) is 11.8 Å². The van der Waals surface area contributed by atoms with E-state index in [9.17, 15) is 9.59 Å². The summed E-state index contributed by atoms with van der Waals surface area (Å²) in [5.41, 5.74) is 4.07. The Labute approximate surface area is 175 Å². The Morgan fingerprint density at radius 3 is 2.66 bits per heavy atom. The van der Waals surface area contributed by atoms with Crippen molar-refractivity contribution in [3.05, 3.63) is 69.9 Å². The molecular weight excluding hydrogens is 386 g/mol. The van der Waals surface area contributed by atoms with E-state index in [1.807, 2.05) is 36.4 Å². The molecule has 0 saturated heterocycles. The molecule has 0 N–H and O–H groups in total. The maximum atomic E-state index is 13.2. The molecule has 2 aromatic carbocycles. The lowest BCUT2D eigenvalue weighted by molar-refractivity contribution is 0.0603. The number of halogens is 1. The van der Waals surface area contributed by atoms with E-state index in [0.717, 1.165) is 23.2 Å².